The van der Waals surface area contributed by atoms with Crippen molar-refractivity contribution in [2.75, 3.05) is 0 Å². The van der Waals surface area contributed by atoms with Crippen LogP contribution in [-0.2, 0) is 6.54 Å². The van der Waals surface area contributed by atoms with Gasteiger partial charge < -0.3 is 5.73 Å². The van der Waals surface area contributed by atoms with Crippen LogP contribution >= 0.6 is 0 Å². The monoisotopic (exact) mass is 265 g/mol. The molecule has 1 heterocycles. The Morgan fingerprint density at radius 2 is 2.05 bits per heavy atom. The predicted molar refractivity (Wildman–Crippen MR) is 62.5 cm³/mol. The van der Waals surface area contributed by atoms with E-state index in [-0.39, 0.29) is 12.1 Å². The second kappa shape index (κ2) is 4.97. The lowest BCUT2D eigenvalue weighted by molar-refractivity contribution is 0.0998. The zero-order valence-corrected chi connectivity index (χ0v) is 9.64. The molecular formula is C12H9F2N3O2. The number of amides is 1. The van der Waals surface area contributed by atoms with Gasteiger partial charge in [-0.15, -0.1) is 0 Å². The zero-order chi connectivity index (χ0) is 14.0. The number of primary amides is 1. The van der Waals surface area contributed by atoms with Crippen molar-refractivity contribution in [2.45, 2.75) is 6.54 Å². The van der Waals surface area contributed by atoms with Crippen molar-refractivity contribution in [1.29, 1.82) is 0 Å². The first-order valence-electron chi connectivity index (χ1n) is 5.27. The molecule has 0 saturated carbocycles. The van der Waals surface area contributed by atoms with Crippen molar-refractivity contribution in [2.24, 2.45) is 5.73 Å². The normalized spacial score (nSPS) is 10.4. The number of nitrogens with two attached hydrogens (primary N) is 1. The Labute approximate surface area is 106 Å². The number of halogens is 2. The first kappa shape index (κ1) is 12.9. The second-order valence-electron chi connectivity index (χ2n) is 3.85. The Hall–Kier alpha value is -2.57. The Kier molecular flexibility index (Phi) is 3.37. The van der Waals surface area contributed by atoms with E-state index < -0.39 is 23.1 Å². The molecule has 1 amide bonds. The molecule has 0 saturated heterocycles. The molecule has 0 atom stereocenters. The van der Waals surface area contributed by atoms with E-state index >= 15 is 0 Å². The molecule has 2 aromatic rings. The molecule has 0 spiro atoms. The quantitative estimate of drug-likeness (QED) is 0.885. The van der Waals surface area contributed by atoms with E-state index in [9.17, 15) is 18.4 Å². The lowest BCUT2D eigenvalue weighted by atomic mass is 10.2. The number of carbonyl (C=O) groups excluding carboxylic acids is 1. The zero-order valence-electron chi connectivity index (χ0n) is 9.64. The summed E-state index contributed by atoms with van der Waals surface area (Å²) in [6.07, 6.45) is 2.25. The SMILES string of the molecule is NC(=O)c1cncn(Cc2ccc(F)c(F)c2)c1=O. The minimum Gasteiger partial charge on any atom is -0.365 e. The second-order valence-corrected chi connectivity index (χ2v) is 3.85. The van der Waals surface area contributed by atoms with Crippen molar-refractivity contribution >= 4 is 5.91 Å². The average molecular weight is 265 g/mol. The number of benzene rings is 1. The molecule has 19 heavy (non-hydrogen) atoms. The molecule has 7 heteroatoms. The summed E-state index contributed by atoms with van der Waals surface area (Å²) in [5, 5.41) is 0. The van der Waals surface area contributed by atoms with Gasteiger partial charge in [0.15, 0.2) is 11.6 Å². The van der Waals surface area contributed by atoms with Crippen LogP contribution in [0.3, 0.4) is 0 Å². The highest BCUT2D eigenvalue weighted by molar-refractivity contribution is 5.91. The predicted octanol–water partition coefficient (Wildman–Crippen LogP) is 0.669. The first-order chi connectivity index (χ1) is 8.99. The standard InChI is InChI=1S/C12H9F2N3O2/c13-9-2-1-7(3-10(9)14)5-17-6-16-4-8(11(15)18)12(17)19/h1-4,6H,5H2,(H2,15,18). The summed E-state index contributed by atoms with van der Waals surface area (Å²) in [7, 11) is 0. The maximum Gasteiger partial charge on any atom is 0.266 e. The fourth-order valence-electron chi connectivity index (χ4n) is 1.57. The number of rotatable bonds is 3. The van der Waals surface area contributed by atoms with Crippen LogP contribution in [0.4, 0.5) is 8.78 Å². The molecule has 0 bridgehead atoms. The highest BCUT2D eigenvalue weighted by Crippen LogP contribution is 2.09. The third-order valence-corrected chi connectivity index (χ3v) is 2.50. The number of hydrogen-bond acceptors (Lipinski definition) is 3. The minimum absolute atomic E-state index is 0.0375. The summed E-state index contributed by atoms with van der Waals surface area (Å²) in [6.45, 7) is -0.0375. The molecule has 0 aliphatic heterocycles. The van der Waals surface area contributed by atoms with Gasteiger partial charge in [0.05, 0.1) is 12.9 Å². The van der Waals surface area contributed by atoms with Gasteiger partial charge in [0.2, 0.25) is 0 Å². The van der Waals surface area contributed by atoms with Crippen LogP contribution in [0.25, 0.3) is 0 Å². The van der Waals surface area contributed by atoms with Crippen LogP contribution in [0.15, 0.2) is 35.5 Å². The summed E-state index contributed by atoms with van der Waals surface area (Å²) in [5.41, 5.74) is 4.49. The largest absolute Gasteiger partial charge is 0.365 e. The Balaban J connectivity index is 2.38. The smallest absolute Gasteiger partial charge is 0.266 e. The van der Waals surface area contributed by atoms with Gasteiger partial charge in [-0.1, -0.05) is 6.07 Å². The van der Waals surface area contributed by atoms with Crippen molar-refractivity contribution in [3.63, 3.8) is 0 Å². The summed E-state index contributed by atoms with van der Waals surface area (Å²) >= 11 is 0. The van der Waals surface area contributed by atoms with E-state index in [0.717, 1.165) is 22.9 Å². The fraction of sp³-hybridized carbons (Fsp3) is 0.0833. The van der Waals surface area contributed by atoms with Crippen LogP contribution in [0.1, 0.15) is 15.9 Å². The number of hydrogen-bond donors (Lipinski definition) is 1. The summed E-state index contributed by atoms with van der Waals surface area (Å²) in [5.74, 6) is -2.87. The van der Waals surface area contributed by atoms with Crippen LogP contribution in [0.5, 0.6) is 0 Å². The molecule has 98 valence electrons. The van der Waals surface area contributed by atoms with Gasteiger partial charge >= 0.3 is 0 Å². The van der Waals surface area contributed by atoms with E-state index in [0.29, 0.717) is 5.56 Å². The number of nitrogens with zero attached hydrogens (tertiary/aromatic N) is 2. The van der Waals surface area contributed by atoms with Crippen molar-refractivity contribution in [3.8, 4) is 0 Å². The molecule has 0 aliphatic rings. The topological polar surface area (TPSA) is 78.0 Å². The molecule has 0 radical (unpaired) electrons. The first-order valence-corrected chi connectivity index (χ1v) is 5.27. The summed E-state index contributed by atoms with van der Waals surface area (Å²) < 4.78 is 26.9. The van der Waals surface area contributed by atoms with E-state index in [4.69, 9.17) is 5.73 Å². The fourth-order valence-corrected chi connectivity index (χ4v) is 1.57. The van der Waals surface area contributed by atoms with E-state index in [1.54, 1.807) is 0 Å². The number of carbonyl (C=O) groups is 1. The van der Waals surface area contributed by atoms with Crippen molar-refractivity contribution in [3.05, 3.63) is 63.8 Å². The molecule has 1 aromatic carbocycles. The van der Waals surface area contributed by atoms with Gasteiger partial charge in [-0.05, 0) is 17.7 Å². The third kappa shape index (κ3) is 2.65. The molecule has 0 fully saturated rings. The van der Waals surface area contributed by atoms with Gasteiger partial charge in [0.25, 0.3) is 11.5 Å². The van der Waals surface area contributed by atoms with Gasteiger partial charge in [-0.25, -0.2) is 13.8 Å². The number of aromatic nitrogens is 2. The average Bonchev–Trinajstić information content (AvgIpc) is 2.36. The van der Waals surface area contributed by atoms with E-state index in [1.165, 1.54) is 12.4 Å². The van der Waals surface area contributed by atoms with Gasteiger partial charge in [-0.3, -0.25) is 14.2 Å². The van der Waals surface area contributed by atoms with E-state index in [2.05, 4.69) is 4.98 Å². The maximum atomic E-state index is 13.0. The van der Waals surface area contributed by atoms with E-state index in [1.807, 2.05) is 0 Å². The van der Waals surface area contributed by atoms with Crippen molar-refractivity contribution in [1.82, 2.24) is 9.55 Å². The van der Waals surface area contributed by atoms with Crippen LogP contribution < -0.4 is 11.3 Å². The van der Waals surface area contributed by atoms with Gasteiger partial charge in [0, 0.05) is 6.20 Å². The molecule has 2 rings (SSSR count). The molecular weight excluding hydrogens is 256 g/mol. The maximum absolute atomic E-state index is 13.0. The van der Waals surface area contributed by atoms with Crippen LogP contribution in [-0.4, -0.2) is 15.5 Å². The third-order valence-electron chi connectivity index (χ3n) is 2.50. The molecule has 0 aliphatic carbocycles. The highest BCUT2D eigenvalue weighted by atomic mass is 19.2. The molecule has 1 aromatic heterocycles. The lowest BCUT2D eigenvalue weighted by Gasteiger charge is -2.06. The molecule has 5 nitrogen and oxygen atoms in total. The highest BCUT2D eigenvalue weighted by Gasteiger charge is 2.10. The van der Waals surface area contributed by atoms with Gasteiger partial charge in [0.1, 0.15) is 5.56 Å². The van der Waals surface area contributed by atoms with Crippen LogP contribution in [0, 0.1) is 11.6 Å². The van der Waals surface area contributed by atoms with Crippen LogP contribution in [0.2, 0.25) is 0 Å². The molecule has 0 unspecified atom stereocenters. The Morgan fingerprint density at radius 1 is 1.32 bits per heavy atom. The van der Waals surface area contributed by atoms with Gasteiger partial charge in [-0.2, -0.15) is 0 Å². The lowest BCUT2D eigenvalue weighted by Crippen LogP contribution is -2.30. The summed E-state index contributed by atoms with van der Waals surface area (Å²) in [6, 6.07) is 3.27. The molecule has 2 N–H and O–H groups in total. The van der Waals surface area contributed by atoms with Crippen molar-refractivity contribution < 1.29 is 13.6 Å². The Morgan fingerprint density at radius 3 is 2.68 bits per heavy atom. The minimum atomic E-state index is -1.01. The Bertz CT molecular complexity index is 698. The summed E-state index contributed by atoms with van der Waals surface area (Å²) in [4.78, 5) is 26.5.